The standard InChI is InChI=1S/C10H12N2O2/c11-9-3-4-12-5-8(9)6-1-2-7(6)10(13)14/h3-7H,1-2H2,(H2,11,12)(H,13,14). The van der Waals surface area contributed by atoms with Crippen LogP contribution in [0.2, 0.25) is 0 Å². The third-order valence-electron chi connectivity index (χ3n) is 2.88. The smallest absolute Gasteiger partial charge is 0.307 e. The van der Waals surface area contributed by atoms with E-state index < -0.39 is 5.97 Å². The predicted octanol–water partition coefficient (Wildman–Crippen LogP) is 1.24. The number of aliphatic carboxylic acids is 1. The van der Waals surface area contributed by atoms with Crippen molar-refractivity contribution < 1.29 is 9.90 Å². The first-order valence-electron chi connectivity index (χ1n) is 4.62. The number of pyridine rings is 1. The van der Waals surface area contributed by atoms with Gasteiger partial charge in [0.05, 0.1) is 5.92 Å². The molecule has 1 aliphatic carbocycles. The van der Waals surface area contributed by atoms with E-state index in [1.165, 1.54) is 0 Å². The van der Waals surface area contributed by atoms with Gasteiger partial charge in [0, 0.05) is 24.0 Å². The number of hydrogen-bond acceptors (Lipinski definition) is 3. The third-order valence-corrected chi connectivity index (χ3v) is 2.88. The second-order valence-corrected chi connectivity index (χ2v) is 3.63. The van der Waals surface area contributed by atoms with E-state index in [2.05, 4.69) is 4.98 Å². The Labute approximate surface area is 81.8 Å². The first kappa shape index (κ1) is 8.99. The molecular weight excluding hydrogens is 180 g/mol. The van der Waals surface area contributed by atoms with E-state index in [1.807, 2.05) is 0 Å². The number of carboxylic acids is 1. The SMILES string of the molecule is Nc1ccncc1C1CCC1C(=O)O. The summed E-state index contributed by atoms with van der Waals surface area (Å²) in [5.41, 5.74) is 7.29. The minimum Gasteiger partial charge on any atom is -0.481 e. The molecule has 0 spiro atoms. The molecule has 1 saturated carbocycles. The molecule has 2 rings (SSSR count). The predicted molar refractivity (Wildman–Crippen MR) is 51.8 cm³/mol. The number of nitrogens with zero attached hydrogens (tertiary/aromatic N) is 1. The van der Waals surface area contributed by atoms with Gasteiger partial charge in [0.25, 0.3) is 0 Å². The molecule has 0 amide bonds. The summed E-state index contributed by atoms with van der Waals surface area (Å²) in [6, 6.07) is 1.71. The second-order valence-electron chi connectivity index (χ2n) is 3.63. The van der Waals surface area contributed by atoms with Crippen molar-refractivity contribution in [3.05, 3.63) is 24.0 Å². The molecule has 1 aromatic heterocycles. The van der Waals surface area contributed by atoms with Crippen LogP contribution in [0, 0.1) is 5.92 Å². The molecule has 0 saturated heterocycles. The number of hydrogen-bond donors (Lipinski definition) is 2. The second kappa shape index (κ2) is 3.29. The molecule has 14 heavy (non-hydrogen) atoms. The fourth-order valence-electron chi connectivity index (χ4n) is 1.90. The Morgan fingerprint density at radius 2 is 2.36 bits per heavy atom. The van der Waals surface area contributed by atoms with Crippen LogP contribution in [0.25, 0.3) is 0 Å². The number of aromatic nitrogens is 1. The molecule has 0 bridgehead atoms. The summed E-state index contributed by atoms with van der Waals surface area (Å²) in [6.07, 6.45) is 4.93. The highest BCUT2D eigenvalue weighted by atomic mass is 16.4. The molecule has 1 heterocycles. The molecule has 0 radical (unpaired) electrons. The Morgan fingerprint density at radius 3 is 2.86 bits per heavy atom. The van der Waals surface area contributed by atoms with Crippen LogP contribution in [-0.2, 0) is 4.79 Å². The van der Waals surface area contributed by atoms with E-state index in [0.717, 1.165) is 18.4 Å². The lowest BCUT2D eigenvalue weighted by Gasteiger charge is -2.34. The summed E-state index contributed by atoms with van der Waals surface area (Å²) in [5, 5.41) is 8.89. The number of rotatable bonds is 2. The van der Waals surface area contributed by atoms with Gasteiger partial charge in [0.2, 0.25) is 0 Å². The minimum atomic E-state index is -0.732. The van der Waals surface area contributed by atoms with Crippen molar-refractivity contribution in [1.29, 1.82) is 0 Å². The van der Waals surface area contributed by atoms with Crippen LogP contribution in [0.4, 0.5) is 5.69 Å². The van der Waals surface area contributed by atoms with Gasteiger partial charge in [-0.25, -0.2) is 0 Å². The van der Waals surface area contributed by atoms with E-state index in [1.54, 1.807) is 18.5 Å². The maximum absolute atomic E-state index is 10.8. The molecule has 4 heteroatoms. The lowest BCUT2D eigenvalue weighted by molar-refractivity contribution is -0.145. The Kier molecular flexibility index (Phi) is 2.11. The van der Waals surface area contributed by atoms with Crippen molar-refractivity contribution in [3.63, 3.8) is 0 Å². The number of nitrogens with two attached hydrogens (primary N) is 1. The topological polar surface area (TPSA) is 76.2 Å². The fraction of sp³-hybridized carbons (Fsp3) is 0.400. The average molecular weight is 192 g/mol. The summed E-state index contributed by atoms with van der Waals surface area (Å²) in [4.78, 5) is 14.8. The summed E-state index contributed by atoms with van der Waals surface area (Å²) in [6.45, 7) is 0. The van der Waals surface area contributed by atoms with Crippen molar-refractivity contribution in [1.82, 2.24) is 4.98 Å². The van der Waals surface area contributed by atoms with Crippen LogP contribution in [-0.4, -0.2) is 16.1 Å². The molecule has 1 aromatic rings. The first-order chi connectivity index (χ1) is 6.70. The van der Waals surface area contributed by atoms with E-state index in [9.17, 15) is 4.79 Å². The maximum Gasteiger partial charge on any atom is 0.307 e. The highest BCUT2D eigenvalue weighted by molar-refractivity contribution is 5.73. The number of anilines is 1. The van der Waals surface area contributed by atoms with Crippen molar-refractivity contribution in [2.24, 2.45) is 5.92 Å². The van der Waals surface area contributed by atoms with Crippen LogP contribution >= 0.6 is 0 Å². The molecule has 0 aliphatic heterocycles. The zero-order chi connectivity index (χ0) is 10.1. The fourth-order valence-corrected chi connectivity index (χ4v) is 1.90. The van der Waals surface area contributed by atoms with Gasteiger partial charge in [0.1, 0.15) is 0 Å². The van der Waals surface area contributed by atoms with Gasteiger partial charge in [-0.15, -0.1) is 0 Å². The van der Waals surface area contributed by atoms with Gasteiger partial charge >= 0.3 is 5.97 Å². The summed E-state index contributed by atoms with van der Waals surface area (Å²) >= 11 is 0. The van der Waals surface area contributed by atoms with Gasteiger partial charge in [-0.2, -0.15) is 0 Å². The Hall–Kier alpha value is -1.58. The number of carbonyl (C=O) groups is 1. The zero-order valence-corrected chi connectivity index (χ0v) is 7.68. The highest BCUT2D eigenvalue weighted by Gasteiger charge is 2.38. The summed E-state index contributed by atoms with van der Waals surface area (Å²) in [5.74, 6) is -0.952. The zero-order valence-electron chi connectivity index (χ0n) is 7.68. The van der Waals surface area contributed by atoms with Crippen molar-refractivity contribution in [3.8, 4) is 0 Å². The van der Waals surface area contributed by atoms with E-state index in [-0.39, 0.29) is 11.8 Å². The molecule has 3 N–H and O–H groups in total. The highest BCUT2D eigenvalue weighted by Crippen LogP contribution is 2.44. The van der Waals surface area contributed by atoms with E-state index in [4.69, 9.17) is 10.8 Å². The van der Waals surface area contributed by atoms with E-state index in [0.29, 0.717) is 5.69 Å². The third kappa shape index (κ3) is 1.32. The normalized spacial score (nSPS) is 25.4. The van der Waals surface area contributed by atoms with E-state index >= 15 is 0 Å². The largest absolute Gasteiger partial charge is 0.481 e. The minimum absolute atomic E-state index is 0.0567. The molecular formula is C10H12N2O2. The van der Waals surface area contributed by atoms with Gasteiger partial charge in [-0.1, -0.05) is 0 Å². The van der Waals surface area contributed by atoms with Gasteiger partial charge in [-0.05, 0) is 24.5 Å². The Bertz CT molecular complexity index is 365. The molecule has 2 unspecified atom stereocenters. The molecule has 1 fully saturated rings. The Morgan fingerprint density at radius 1 is 1.57 bits per heavy atom. The van der Waals surface area contributed by atoms with Gasteiger partial charge < -0.3 is 10.8 Å². The molecule has 1 aliphatic rings. The Balaban J connectivity index is 2.24. The summed E-state index contributed by atoms with van der Waals surface area (Å²) in [7, 11) is 0. The van der Waals surface area contributed by atoms with Gasteiger partial charge in [-0.3, -0.25) is 9.78 Å². The van der Waals surface area contributed by atoms with Crippen molar-refractivity contribution >= 4 is 11.7 Å². The maximum atomic E-state index is 10.8. The monoisotopic (exact) mass is 192 g/mol. The molecule has 2 atom stereocenters. The van der Waals surface area contributed by atoms with Crippen molar-refractivity contribution in [2.75, 3.05) is 5.73 Å². The van der Waals surface area contributed by atoms with Crippen LogP contribution in [0.15, 0.2) is 18.5 Å². The molecule has 0 aromatic carbocycles. The van der Waals surface area contributed by atoms with Gasteiger partial charge in [0.15, 0.2) is 0 Å². The molecule has 74 valence electrons. The van der Waals surface area contributed by atoms with Crippen LogP contribution in [0.1, 0.15) is 24.3 Å². The molecule has 4 nitrogen and oxygen atoms in total. The van der Waals surface area contributed by atoms with Crippen LogP contribution < -0.4 is 5.73 Å². The quantitative estimate of drug-likeness (QED) is 0.739. The van der Waals surface area contributed by atoms with Crippen LogP contribution in [0.5, 0.6) is 0 Å². The first-order valence-corrected chi connectivity index (χ1v) is 4.62. The number of carboxylic acid groups (broad SMARTS) is 1. The lowest BCUT2D eigenvalue weighted by atomic mass is 9.70. The van der Waals surface area contributed by atoms with Crippen LogP contribution in [0.3, 0.4) is 0 Å². The summed E-state index contributed by atoms with van der Waals surface area (Å²) < 4.78 is 0. The average Bonchev–Trinajstić information content (AvgIpc) is 2.05. The van der Waals surface area contributed by atoms with Crippen molar-refractivity contribution in [2.45, 2.75) is 18.8 Å². The lowest BCUT2D eigenvalue weighted by Crippen LogP contribution is -2.31. The number of nitrogen functional groups attached to an aromatic ring is 1.